The van der Waals surface area contributed by atoms with Gasteiger partial charge in [-0.25, -0.2) is 0 Å². The quantitative estimate of drug-likeness (QED) is 0.810. The molecule has 1 aromatic carbocycles. The fourth-order valence-electron chi connectivity index (χ4n) is 3.46. The van der Waals surface area contributed by atoms with E-state index in [0.717, 1.165) is 44.6 Å². The number of benzene rings is 1. The molecule has 0 saturated carbocycles. The van der Waals surface area contributed by atoms with Crippen LogP contribution in [0.3, 0.4) is 0 Å². The minimum atomic E-state index is 0.0161. The first-order chi connectivity index (χ1) is 12.7. The van der Waals surface area contributed by atoms with Crippen LogP contribution in [0.4, 0.5) is 0 Å². The average molecular weight is 372 g/mol. The SMILES string of the molecule is CCCc1ccc(C(=O)NC[C@@H](c2ccsc2)N2CCN(C)CC2)cc1. The molecule has 0 aliphatic carbocycles. The highest BCUT2D eigenvalue weighted by Gasteiger charge is 2.24. The van der Waals surface area contributed by atoms with Crippen LogP contribution in [0.25, 0.3) is 0 Å². The van der Waals surface area contributed by atoms with E-state index in [-0.39, 0.29) is 11.9 Å². The third-order valence-electron chi connectivity index (χ3n) is 5.12. The van der Waals surface area contributed by atoms with Gasteiger partial charge < -0.3 is 10.2 Å². The van der Waals surface area contributed by atoms with Gasteiger partial charge in [0.15, 0.2) is 0 Å². The molecular formula is C21H29N3OS. The van der Waals surface area contributed by atoms with E-state index in [1.54, 1.807) is 11.3 Å². The zero-order valence-electron chi connectivity index (χ0n) is 15.8. The number of nitrogens with zero attached hydrogens (tertiary/aromatic N) is 2. The molecule has 2 aromatic rings. The number of carbonyl (C=O) groups excluding carboxylic acids is 1. The van der Waals surface area contributed by atoms with Crippen LogP contribution in [0, 0.1) is 0 Å². The molecule has 1 aromatic heterocycles. The Morgan fingerprint density at radius 3 is 2.50 bits per heavy atom. The summed E-state index contributed by atoms with van der Waals surface area (Å²) < 4.78 is 0. The number of rotatable bonds is 7. The van der Waals surface area contributed by atoms with Gasteiger partial charge in [0.05, 0.1) is 6.04 Å². The van der Waals surface area contributed by atoms with Crippen LogP contribution in [0.1, 0.15) is 40.9 Å². The summed E-state index contributed by atoms with van der Waals surface area (Å²) in [7, 11) is 2.17. The van der Waals surface area contributed by atoms with Gasteiger partial charge in [0.2, 0.25) is 0 Å². The van der Waals surface area contributed by atoms with E-state index < -0.39 is 0 Å². The van der Waals surface area contributed by atoms with E-state index in [2.05, 4.69) is 58.0 Å². The molecule has 140 valence electrons. The summed E-state index contributed by atoms with van der Waals surface area (Å²) in [5, 5.41) is 7.48. The maximum Gasteiger partial charge on any atom is 0.251 e. The topological polar surface area (TPSA) is 35.6 Å². The van der Waals surface area contributed by atoms with Gasteiger partial charge in [-0.2, -0.15) is 11.3 Å². The summed E-state index contributed by atoms with van der Waals surface area (Å²) in [6.07, 6.45) is 2.18. The van der Waals surface area contributed by atoms with E-state index in [1.807, 2.05) is 12.1 Å². The van der Waals surface area contributed by atoms with Gasteiger partial charge in [-0.05, 0) is 53.6 Å². The summed E-state index contributed by atoms with van der Waals surface area (Å²) in [6.45, 7) is 7.05. The van der Waals surface area contributed by atoms with Crippen molar-refractivity contribution in [3.05, 3.63) is 57.8 Å². The Kier molecular flexibility index (Phi) is 6.83. The van der Waals surface area contributed by atoms with E-state index in [9.17, 15) is 4.79 Å². The molecule has 5 heteroatoms. The normalized spacial score (nSPS) is 17.2. The van der Waals surface area contributed by atoms with Crippen molar-refractivity contribution in [3.8, 4) is 0 Å². The van der Waals surface area contributed by atoms with E-state index in [4.69, 9.17) is 0 Å². The van der Waals surface area contributed by atoms with Crippen molar-refractivity contribution in [2.75, 3.05) is 39.8 Å². The molecule has 3 rings (SSSR count). The molecule has 26 heavy (non-hydrogen) atoms. The zero-order chi connectivity index (χ0) is 18.4. The lowest BCUT2D eigenvalue weighted by molar-refractivity contribution is 0.0886. The summed E-state index contributed by atoms with van der Waals surface area (Å²) in [5.41, 5.74) is 3.34. The molecule has 0 spiro atoms. The highest BCUT2D eigenvalue weighted by molar-refractivity contribution is 7.07. The zero-order valence-corrected chi connectivity index (χ0v) is 16.6. The van der Waals surface area contributed by atoms with Crippen LogP contribution < -0.4 is 5.32 Å². The van der Waals surface area contributed by atoms with Crippen molar-refractivity contribution in [2.45, 2.75) is 25.8 Å². The molecule has 1 saturated heterocycles. The fraction of sp³-hybridized carbons (Fsp3) is 0.476. The Bertz CT molecular complexity index is 676. The predicted molar refractivity (Wildman–Crippen MR) is 109 cm³/mol. The minimum absolute atomic E-state index is 0.0161. The second-order valence-electron chi connectivity index (χ2n) is 7.07. The van der Waals surface area contributed by atoms with Crippen LogP contribution in [-0.2, 0) is 6.42 Å². The second kappa shape index (κ2) is 9.31. The van der Waals surface area contributed by atoms with Gasteiger partial charge in [0, 0.05) is 38.3 Å². The van der Waals surface area contributed by atoms with Crippen molar-refractivity contribution < 1.29 is 4.79 Å². The lowest BCUT2D eigenvalue weighted by Crippen LogP contribution is -2.48. The lowest BCUT2D eigenvalue weighted by Gasteiger charge is -2.38. The van der Waals surface area contributed by atoms with E-state index in [1.165, 1.54) is 11.1 Å². The standard InChI is InChI=1S/C21H29N3OS/c1-3-4-17-5-7-18(8-6-17)21(25)22-15-20(19-9-14-26-16-19)24-12-10-23(2)11-13-24/h5-9,14,16,20H,3-4,10-13,15H2,1-2H3,(H,22,25)/t20-/m0/s1. The Labute approximate surface area is 160 Å². The molecule has 1 fully saturated rings. The summed E-state index contributed by atoms with van der Waals surface area (Å²) >= 11 is 1.72. The van der Waals surface area contributed by atoms with Crippen LogP contribution in [-0.4, -0.2) is 55.5 Å². The molecule has 1 amide bonds. The smallest absolute Gasteiger partial charge is 0.251 e. The molecule has 4 nitrogen and oxygen atoms in total. The van der Waals surface area contributed by atoms with Gasteiger partial charge in [-0.3, -0.25) is 9.69 Å². The van der Waals surface area contributed by atoms with Crippen molar-refractivity contribution in [3.63, 3.8) is 0 Å². The van der Waals surface area contributed by atoms with Gasteiger partial charge >= 0.3 is 0 Å². The molecule has 0 radical (unpaired) electrons. The van der Waals surface area contributed by atoms with Crippen molar-refractivity contribution in [2.24, 2.45) is 0 Å². The number of likely N-dealkylation sites (N-methyl/N-ethyl adjacent to an activating group) is 1. The van der Waals surface area contributed by atoms with E-state index in [0.29, 0.717) is 6.54 Å². The third kappa shape index (κ3) is 4.93. The number of carbonyl (C=O) groups is 1. The van der Waals surface area contributed by atoms with Crippen LogP contribution >= 0.6 is 11.3 Å². The second-order valence-corrected chi connectivity index (χ2v) is 7.85. The molecule has 1 aliphatic rings. The number of nitrogens with one attached hydrogen (secondary N) is 1. The fourth-order valence-corrected chi connectivity index (χ4v) is 4.17. The molecular weight excluding hydrogens is 342 g/mol. The number of hydrogen-bond donors (Lipinski definition) is 1. The predicted octanol–water partition coefficient (Wildman–Crippen LogP) is 3.42. The number of amides is 1. The van der Waals surface area contributed by atoms with Gasteiger partial charge in [0.1, 0.15) is 0 Å². The summed E-state index contributed by atoms with van der Waals surface area (Å²) in [6, 6.07) is 10.4. The Hall–Kier alpha value is -1.69. The average Bonchev–Trinajstić information content (AvgIpc) is 3.18. The van der Waals surface area contributed by atoms with Gasteiger partial charge in [-0.15, -0.1) is 0 Å². The molecule has 1 N–H and O–H groups in total. The van der Waals surface area contributed by atoms with Crippen molar-refractivity contribution in [1.82, 2.24) is 15.1 Å². The third-order valence-corrected chi connectivity index (χ3v) is 5.82. The maximum absolute atomic E-state index is 12.6. The highest BCUT2D eigenvalue weighted by atomic mass is 32.1. The van der Waals surface area contributed by atoms with Crippen LogP contribution in [0.15, 0.2) is 41.1 Å². The molecule has 0 unspecified atom stereocenters. The minimum Gasteiger partial charge on any atom is -0.350 e. The highest BCUT2D eigenvalue weighted by Crippen LogP contribution is 2.23. The number of hydrogen-bond acceptors (Lipinski definition) is 4. The molecule has 0 bridgehead atoms. The van der Waals surface area contributed by atoms with Crippen LogP contribution in [0.5, 0.6) is 0 Å². The number of piperazine rings is 1. The Balaban J connectivity index is 1.62. The summed E-state index contributed by atoms with van der Waals surface area (Å²) in [4.78, 5) is 17.4. The maximum atomic E-state index is 12.6. The monoisotopic (exact) mass is 371 g/mol. The largest absolute Gasteiger partial charge is 0.350 e. The summed E-state index contributed by atoms with van der Waals surface area (Å²) in [5.74, 6) is 0.0161. The molecule has 2 heterocycles. The Morgan fingerprint density at radius 1 is 1.15 bits per heavy atom. The number of aryl methyl sites for hydroxylation is 1. The van der Waals surface area contributed by atoms with Gasteiger partial charge in [0.25, 0.3) is 5.91 Å². The van der Waals surface area contributed by atoms with Gasteiger partial charge in [-0.1, -0.05) is 25.5 Å². The molecule has 1 aliphatic heterocycles. The lowest BCUT2D eigenvalue weighted by atomic mass is 10.1. The van der Waals surface area contributed by atoms with Crippen molar-refractivity contribution in [1.29, 1.82) is 0 Å². The van der Waals surface area contributed by atoms with E-state index >= 15 is 0 Å². The van der Waals surface area contributed by atoms with Crippen LogP contribution in [0.2, 0.25) is 0 Å². The Morgan fingerprint density at radius 2 is 1.88 bits per heavy atom. The first kappa shape index (κ1) is 19.1. The molecule has 1 atom stereocenters. The first-order valence-corrected chi connectivity index (χ1v) is 10.4. The number of thiophene rings is 1. The first-order valence-electron chi connectivity index (χ1n) is 9.49. The van der Waals surface area contributed by atoms with Crippen molar-refractivity contribution >= 4 is 17.2 Å².